The summed E-state index contributed by atoms with van der Waals surface area (Å²) < 4.78 is 45.8. The molecule has 0 radical (unpaired) electrons. The molecule has 3 aromatic rings. The molecule has 0 unspecified atom stereocenters. The number of esters is 1. The number of aryl methyl sites for hydroxylation is 1. The van der Waals surface area contributed by atoms with E-state index in [2.05, 4.69) is 5.32 Å². The van der Waals surface area contributed by atoms with Crippen molar-refractivity contribution in [1.82, 2.24) is 0 Å². The monoisotopic (exact) mass is 508 g/mol. The first-order valence-electron chi connectivity index (χ1n) is 10.2. The number of nitrogens with zero attached hydrogens (tertiary/aromatic N) is 1. The molecule has 0 bridgehead atoms. The van der Waals surface area contributed by atoms with Gasteiger partial charge in [0.2, 0.25) is 5.91 Å². The van der Waals surface area contributed by atoms with Crippen LogP contribution in [-0.2, 0) is 32.4 Å². The Balaban J connectivity index is 1.65. The van der Waals surface area contributed by atoms with Gasteiger partial charge in [0.05, 0.1) is 18.4 Å². The summed E-state index contributed by atoms with van der Waals surface area (Å²) >= 11 is 2.34. The second kappa shape index (κ2) is 9.62. The topological polar surface area (TPSA) is 92.8 Å². The molecular weight excluding hydrogens is 487 g/mol. The average molecular weight is 509 g/mol. The molecule has 1 aliphatic rings. The largest absolute Gasteiger partial charge is 0.465 e. The SMILES string of the molecule is COC(=O)c1c(NC(=O)CN(c2ccc(F)cc2)S(=O)(=O)c2cccs2)sc2c1CCCC2. The Morgan fingerprint density at radius 3 is 2.55 bits per heavy atom. The van der Waals surface area contributed by atoms with Crippen molar-refractivity contribution in [2.45, 2.75) is 29.9 Å². The maximum atomic E-state index is 13.4. The lowest BCUT2D eigenvalue weighted by molar-refractivity contribution is -0.114. The number of carbonyl (C=O) groups is 2. The number of rotatable bonds is 7. The van der Waals surface area contributed by atoms with E-state index in [1.807, 2.05) is 0 Å². The summed E-state index contributed by atoms with van der Waals surface area (Å²) in [5.74, 6) is -1.68. The second-order valence-corrected chi connectivity index (χ2v) is 11.5. The summed E-state index contributed by atoms with van der Waals surface area (Å²) in [6, 6.07) is 7.91. The molecule has 0 atom stereocenters. The highest BCUT2D eigenvalue weighted by Crippen LogP contribution is 2.38. The van der Waals surface area contributed by atoms with Gasteiger partial charge < -0.3 is 10.1 Å². The first-order chi connectivity index (χ1) is 15.8. The van der Waals surface area contributed by atoms with Gasteiger partial charge in [-0.2, -0.15) is 0 Å². The van der Waals surface area contributed by atoms with E-state index in [0.717, 1.165) is 63.9 Å². The molecule has 1 N–H and O–H groups in total. The number of ether oxygens (including phenoxy) is 1. The number of benzene rings is 1. The van der Waals surface area contributed by atoms with Gasteiger partial charge in [-0.25, -0.2) is 17.6 Å². The van der Waals surface area contributed by atoms with Crippen LogP contribution in [0.25, 0.3) is 0 Å². The fourth-order valence-corrected chi connectivity index (χ4v) is 7.53. The van der Waals surface area contributed by atoms with Crippen molar-refractivity contribution in [2.24, 2.45) is 0 Å². The molecule has 0 saturated heterocycles. The number of hydrogen-bond acceptors (Lipinski definition) is 7. The molecule has 0 saturated carbocycles. The van der Waals surface area contributed by atoms with Crippen molar-refractivity contribution in [3.05, 3.63) is 63.6 Å². The molecule has 4 rings (SSSR count). The van der Waals surface area contributed by atoms with Gasteiger partial charge in [0.25, 0.3) is 10.0 Å². The highest BCUT2D eigenvalue weighted by atomic mass is 32.2. The number of nitrogens with one attached hydrogen (secondary N) is 1. The van der Waals surface area contributed by atoms with Crippen LogP contribution in [0.1, 0.15) is 33.6 Å². The number of halogens is 1. The third-order valence-electron chi connectivity index (χ3n) is 5.26. The fraction of sp³-hybridized carbons (Fsp3) is 0.273. The van der Waals surface area contributed by atoms with Gasteiger partial charge in [0.15, 0.2) is 0 Å². The van der Waals surface area contributed by atoms with E-state index in [0.29, 0.717) is 10.6 Å². The highest BCUT2D eigenvalue weighted by molar-refractivity contribution is 7.94. The van der Waals surface area contributed by atoms with E-state index in [9.17, 15) is 22.4 Å². The zero-order valence-corrected chi connectivity index (χ0v) is 20.1. The van der Waals surface area contributed by atoms with E-state index in [1.54, 1.807) is 11.4 Å². The van der Waals surface area contributed by atoms with E-state index in [-0.39, 0.29) is 9.90 Å². The van der Waals surface area contributed by atoms with Crippen molar-refractivity contribution >= 4 is 55.3 Å². The van der Waals surface area contributed by atoms with E-state index in [4.69, 9.17) is 4.74 Å². The number of hydrogen-bond donors (Lipinski definition) is 1. The molecule has 174 valence electrons. The van der Waals surface area contributed by atoms with Gasteiger partial charge in [0, 0.05) is 4.88 Å². The maximum Gasteiger partial charge on any atom is 0.341 e. The van der Waals surface area contributed by atoms with Crippen LogP contribution in [0.4, 0.5) is 15.1 Å². The molecule has 0 fully saturated rings. The van der Waals surface area contributed by atoms with Crippen molar-refractivity contribution < 1.29 is 27.1 Å². The first-order valence-corrected chi connectivity index (χ1v) is 13.3. The lowest BCUT2D eigenvalue weighted by Gasteiger charge is -2.23. The number of anilines is 2. The normalized spacial score (nSPS) is 13.3. The second-order valence-electron chi connectivity index (χ2n) is 7.37. The van der Waals surface area contributed by atoms with Gasteiger partial charge in [0.1, 0.15) is 21.6 Å². The van der Waals surface area contributed by atoms with Crippen LogP contribution in [-0.4, -0.2) is 33.9 Å². The minimum Gasteiger partial charge on any atom is -0.465 e. The summed E-state index contributed by atoms with van der Waals surface area (Å²) in [5.41, 5.74) is 1.37. The zero-order chi connectivity index (χ0) is 23.6. The van der Waals surface area contributed by atoms with Crippen LogP contribution >= 0.6 is 22.7 Å². The fourth-order valence-electron chi connectivity index (χ4n) is 3.71. The Morgan fingerprint density at radius 2 is 1.88 bits per heavy atom. The van der Waals surface area contributed by atoms with Crippen LogP contribution in [0.15, 0.2) is 46.0 Å². The zero-order valence-electron chi connectivity index (χ0n) is 17.7. The number of sulfonamides is 1. The van der Waals surface area contributed by atoms with E-state index >= 15 is 0 Å². The Kier molecular flexibility index (Phi) is 6.82. The van der Waals surface area contributed by atoms with Crippen LogP contribution in [0.5, 0.6) is 0 Å². The number of methoxy groups -OCH3 is 1. The Morgan fingerprint density at radius 1 is 1.15 bits per heavy atom. The van der Waals surface area contributed by atoms with Gasteiger partial charge in [-0.15, -0.1) is 22.7 Å². The standard InChI is InChI=1S/C22H21FN2O5S3/c1-30-22(27)20-16-5-2-3-6-17(16)32-21(20)24-18(26)13-25(15-10-8-14(23)9-11-15)33(28,29)19-7-4-12-31-19/h4,7-12H,2-3,5-6,13H2,1H3,(H,24,26). The third kappa shape index (κ3) is 4.80. The maximum absolute atomic E-state index is 13.4. The van der Waals surface area contributed by atoms with Crippen molar-refractivity contribution in [3.8, 4) is 0 Å². The molecule has 0 spiro atoms. The minimum absolute atomic E-state index is 0.0569. The average Bonchev–Trinajstić information content (AvgIpc) is 3.46. The first kappa shape index (κ1) is 23.4. The highest BCUT2D eigenvalue weighted by Gasteiger charge is 2.30. The Bertz CT molecular complexity index is 1270. The predicted molar refractivity (Wildman–Crippen MR) is 126 cm³/mol. The molecular formula is C22H21FN2O5S3. The van der Waals surface area contributed by atoms with Crippen LogP contribution < -0.4 is 9.62 Å². The van der Waals surface area contributed by atoms with Crippen LogP contribution in [0.2, 0.25) is 0 Å². The lowest BCUT2D eigenvalue weighted by atomic mass is 9.95. The number of carbonyl (C=O) groups excluding carboxylic acids is 2. The minimum atomic E-state index is -4.06. The molecule has 33 heavy (non-hydrogen) atoms. The summed E-state index contributed by atoms with van der Waals surface area (Å²) in [4.78, 5) is 26.5. The quantitative estimate of drug-likeness (QED) is 0.476. The van der Waals surface area contributed by atoms with E-state index < -0.39 is 34.3 Å². The molecule has 0 aliphatic heterocycles. The number of fused-ring (bicyclic) bond motifs is 1. The smallest absolute Gasteiger partial charge is 0.341 e. The van der Waals surface area contributed by atoms with Gasteiger partial charge in [-0.1, -0.05) is 6.07 Å². The molecule has 7 nitrogen and oxygen atoms in total. The molecule has 1 amide bonds. The predicted octanol–water partition coefficient (Wildman–Crippen LogP) is 4.45. The van der Waals surface area contributed by atoms with Gasteiger partial charge in [-0.3, -0.25) is 9.10 Å². The van der Waals surface area contributed by atoms with E-state index in [1.165, 1.54) is 36.6 Å². The molecule has 2 aromatic heterocycles. The Hall–Kier alpha value is -2.76. The van der Waals surface area contributed by atoms with Crippen LogP contribution in [0.3, 0.4) is 0 Å². The van der Waals surface area contributed by atoms with Crippen LogP contribution in [0, 0.1) is 5.82 Å². The van der Waals surface area contributed by atoms with Crippen molar-refractivity contribution in [2.75, 3.05) is 23.3 Å². The molecule has 1 aromatic carbocycles. The van der Waals surface area contributed by atoms with Gasteiger partial charge >= 0.3 is 5.97 Å². The number of thiophene rings is 2. The molecule has 11 heteroatoms. The molecule has 2 heterocycles. The summed E-state index contributed by atoms with van der Waals surface area (Å²) in [6.07, 6.45) is 3.48. The van der Waals surface area contributed by atoms with Gasteiger partial charge in [-0.05, 0) is 67.0 Å². The third-order valence-corrected chi connectivity index (χ3v) is 9.61. The summed E-state index contributed by atoms with van der Waals surface area (Å²) in [6.45, 7) is -0.547. The number of amides is 1. The summed E-state index contributed by atoms with van der Waals surface area (Å²) in [5, 5.41) is 4.69. The lowest BCUT2D eigenvalue weighted by Crippen LogP contribution is -2.38. The van der Waals surface area contributed by atoms with Crippen molar-refractivity contribution in [3.63, 3.8) is 0 Å². The van der Waals surface area contributed by atoms with Crippen molar-refractivity contribution in [1.29, 1.82) is 0 Å². The summed E-state index contributed by atoms with van der Waals surface area (Å²) in [7, 11) is -2.78. The molecule has 1 aliphatic carbocycles. The Labute approximate surface area is 198 Å².